The van der Waals surface area contributed by atoms with Crippen molar-refractivity contribution in [3.05, 3.63) is 64.7 Å². The van der Waals surface area contributed by atoms with Gasteiger partial charge in [0.2, 0.25) is 0 Å². The molecule has 0 bridgehead atoms. The monoisotopic (exact) mass is 272 g/mol. The largest absolute Gasteiger partial charge is 0.489 e. The Hall–Kier alpha value is -2.33. The number of aryl methyl sites for hydroxylation is 1. The van der Waals surface area contributed by atoms with Crippen molar-refractivity contribution in [2.45, 2.75) is 20.1 Å². The molecule has 4 heteroatoms. The summed E-state index contributed by atoms with van der Waals surface area (Å²) in [5.41, 5.74) is 2.36. The lowest BCUT2D eigenvalue weighted by Crippen LogP contribution is -2.05. The summed E-state index contributed by atoms with van der Waals surface area (Å²) in [6, 6.07) is 12.7. The van der Waals surface area contributed by atoms with Gasteiger partial charge in [-0.15, -0.1) is 0 Å². The van der Waals surface area contributed by atoms with Crippen LogP contribution in [0.4, 0.5) is 0 Å². The molecular formula is C16H16O4. The highest BCUT2D eigenvalue weighted by Gasteiger charge is 2.13. The lowest BCUT2D eigenvalue weighted by molar-refractivity contribution is 0.0695. The van der Waals surface area contributed by atoms with Gasteiger partial charge in [0.05, 0.1) is 12.2 Å². The van der Waals surface area contributed by atoms with Gasteiger partial charge in [-0.1, -0.05) is 30.3 Å². The first-order valence-electron chi connectivity index (χ1n) is 6.26. The molecule has 0 aliphatic carbocycles. The van der Waals surface area contributed by atoms with E-state index in [0.717, 1.165) is 5.56 Å². The zero-order valence-corrected chi connectivity index (χ0v) is 11.2. The van der Waals surface area contributed by atoms with Crippen molar-refractivity contribution in [1.29, 1.82) is 0 Å². The molecule has 104 valence electrons. The minimum Gasteiger partial charge on any atom is -0.489 e. The zero-order valence-electron chi connectivity index (χ0n) is 11.2. The summed E-state index contributed by atoms with van der Waals surface area (Å²) in [5, 5.41) is 18.5. The second-order valence-corrected chi connectivity index (χ2v) is 4.51. The Balaban J connectivity index is 2.25. The number of hydrogen-bond acceptors (Lipinski definition) is 3. The quantitative estimate of drug-likeness (QED) is 0.878. The van der Waals surface area contributed by atoms with E-state index in [0.29, 0.717) is 23.5 Å². The number of aromatic carboxylic acids is 1. The maximum atomic E-state index is 11.1. The smallest absolute Gasteiger partial charge is 0.336 e. The van der Waals surface area contributed by atoms with Gasteiger partial charge in [-0.2, -0.15) is 0 Å². The van der Waals surface area contributed by atoms with Crippen LogP contribution in [0.2, 0.25) is 0 Å². The second-order valence-electron chi connectivity index (χ2n) is 4.51. The molecule has 0 aliphatic heterocycles. The summed E-state index contributed by atoms with van der Waals surface area (Å²) in [6.07, 6.45) is 0. The van der Waals surface area contributed by atoms with Gasteiger partial charge in [-0.25, -0.2) is 4.79 Å². The van der Waals surface area contributed by atoms with Gasteiger partial charge in [0.15, 0.2) is 0 Å². The molecule has 0 fully saturated rings. The molecule has 0 unspecified atom stereocenters. The van der Waals surface area contributed by atoms with E-state index in [2.05, 4.69) is 0 Å². The molecule has 2 aromatic carbocycles. The van der Waals surface area contributed by atoms with Crippen LogP contribution < -0.4 is 4.74 Å². The van der Waals surface area contributed by atoms with Crippen LogP contribution in [0, 0.1) is 6.92 Å². The Bertz CT molecular complexity index is 605. The number of hydrogen-bond donors (Lipinski definition) is 2. The summed E-state index contributed by atoms with van der Waals surface area (Å²) < 4.78 is 5.64. The first-order chi connectivity index (χ1) is 9.61. The number of rotatable bonds is 5. The van der Waals surface area contributed by atoms with Crippen LogP contribution in [0.25, 0.3) is 0 Å². The van der Waals surface area contributed by atoms with Crippen LogP contribution >= 0.6 is 0 Å². The van der Waals surface area contributed by atoms with Crippen LogP contribution in [0.5, 0.6) is 5.75 Å². The number of benzene rings is 2. The van der Waals surface area contributed by atoms with E-state index >= 15 is 0 Å². The van der Waals surface area contributed by atoms with E-state index in [1.54, 1.807) is 13.0 Å². The summed E-state index contributed by atoms with van der Waals surface area (Å²) in [5.74, 6) is -0.601. The number of aliphatic hydroxyl groups is 1. The maximum Gasteiger partial charge on any atom is 0.336 e. The molecule has 0 radical (unpaired) electrons. The fourth-order valence-electron chi connectivity index (χ4n) is 1.97. The minimum absolute atomic E-state index is 0.185. The predicted molar refractivity (Wildman–Crippen MR) is 74.8 cm³/mol. The van der Waals surface area contributed by atoms with E-state index in [9.17, 15) is 9.90 Å². The van der Waals surface area contributed by atoms with Gasteiger partial charge >= 0.3 is 5.97 Å². The van der Waals surface area contributed by atoms with Crippen LogP contribution in [0.15, 0.2) is 42.5 Å². The topological polar surface area (TPSA) is 66.8 Å². The van der Waals surface area contributed by atoms with Gasteiger partial charge in [0.1, 0.15) is 12.4 Å². The van der Waals surface area contributed by atoms with Crippen LogP contribution in [0.3, 0.4) is 0 Å². The standard InChI is InChI=1S/C16H16O4/c1-11-7-13(9-17)15(8-14(11)16(18)19)20-10-12-5-3-2-4-6-12/h2-8,17H,9-10H2,1H3,(H,18,19). The molecule has 2 N–H and O–H groups in total. The molecule has 0 atom stereocenters. The molecule has 0 saturated carbocycles. The molecule has 0 aromatic heterocycles. The number of carbonyl (C=O) groups is 1. The van der Waals surface area contributed by atoms with Gasteiger partial charge in [0, 0.05) is 5.56 Å². The molecule has 20 heavy (non-hydrogen) atoms. The Morgan fingerprint density at radius 1 is 1.20 bits per heavy atom. The molecule has 4 nitrogen and oxygen atoms in total. The average molecular weight is 272 g/mol. The highest BCUT2D eigenvalue weighted by atomic mass is 16.5. The maximum absolute atomic E-state index is 11.1. The van der Waals surface area contributed by atoms with E-state index in [1.165, 1.54) is 6.07 Å². The van der Waals surface area contributed by atoms with Gasteiger partial charge in [-0.05, 0) is 30.2 Å². The van der Waals surface area contributed by atoms with Crippen LogP contribution in [0.1, 0.15) is 27.0 Å². The first-order valence-corrected chi connectivity index (χ1v) is 6.26. The fourth-order valence-corrected chi connectivity index (χ4v) is 1.97. The Kier molecular flexibility index (Phi) is 4.38. The molecule has 2 aromatic rings. The normalized spacial score (nSPS) is 10.3. The predicted octanol–water partition coefficient (Wildman–Crippen LogP) is 2.76. The number of carboxylic acid groups (broad SMARTS) is 1. The van der Waals surface area contributed by atoms with Crippen molar-refractivity contribution in [3.63, 3.8) is 0 Å². The highest BCUT2D eigenvalue weighted by Crippen LogP contribution is 2.25. The molecule has 0 spiro atoms. The Morgan fingerprint density at radius 2 is 1.90 bits per heavy atom. The van der Waals surface area contributed by atoms with E-state index in [1.807, 2.05) is 30.3 Å². The Labute approximate surface area is 117 Å². The molecular weight excluding hydrogens is 256 g/mol. The first kappa shape index (κ1) is 14.1. The van der Waals surface area contributed by atoms with Crippen LogP contribution in [-0.2, 0) is 13.2 Å². The number of carboxylic acids is 1. The number of ether oxygens (including phenoxy) is 1. The molecule has 0 heterocycles. The fraction of sp³-hybridized carbons (Fsp3) is 0.188. The van der Waals surface area contributed by atoms with E-state index in [-0.39, 0.29) is 12.2 Å². The SMILES string of the molecule is Cc1cc(CO)c(OCc2ccccc2)cc1C(=O)O. The lowest BCUT2D eigenvalue weighted by atomic mass is 10.0. The van der Waals surface area contributed by atoms with Crippen molar-refractivity contribution in [2.24, 2.45) is 0 Å². The van der Waals surface area contributed by atoms with Crippen molar-refractivity contribution in [3.8, 4) is 5.75 Å². The third kappa shape index (κ3) is 3.16. The molecule has 0 aliphatic rings. The van der Waals surface area contributed by atoms with E-state index in [4.69, 9.17) is 9.84 Å². The van der Waals surface area contributed by atoms with E-state index < -0.39 is 5.97 Å². The van der Waals surface area contributed by atoms with Gasteiger partial charge in [-0.3, -0.25) is 0 Å². The van der Waals surface area contributed by atoms with Crippen molar-refractivity contribution in [1.82, 2.24) is 0 Å². The van der Waals surface area contributed by atoms with Crippen molar-refractivity contribution < 1.29 is 19.7 Å². The summed E-state index contributed by atoms with van der Waals surface area (Å²) in [4.78, 5) is 11.1. The molecule has 2 rings (SSSR count). The van der Waals surface area contributed by atoms with Gasteiger partial charge < -0.3 is 14.9 Å². The number of aliphatic hydroxyl groups excluding tert-OH is 1. The lowest BCUT2D eigenvalue weighted by Gasteiger charge is -2.13. The Morgan fingerprint density at radius 3 is 2.50 bits per heavy atom. The average Bonchev–Trinajstić information content (AvgIpc) is 2.46. The van der Waals surface area contributed by atoms with Crippen molar-refractivity contribution >= 4 is 5.97 Å². The summed E-state index contributed by atoms with van der Waals surface area (Å²) in [6.45, 7) is 1.84. The molecule has 0 amide bonds. The van der Waals surface area contributed by atoms with Gasteiger partial charge in [0.25, 0.3) is 0 Å². The summed E-state index contributed by atoms with van der Waals surface area (Å²) >= 11 is 0. The van der Waals surface area contributed by atoms with Crippen molar-refractivity contribution in [2.75, 3.05) is 0 Å². The third-order valence-corrected chi connectivity index (χ3v) is 3.05. The van der Waals surface area contributed by atoms with Crippen LogP contribution in [-0.4, -0.2) is 16.2 Å². The summed E-state index contributed by atoms with van der Waals surface area (Å²) in [7, 11) is 0. The zero-order chi connectivity index (χ0) is 14.5. The third-order valence-electron chi connectivity index (χ3n) is 3.05. The molecule has 0 saturated heterocycles. The highest BCUT2D eigenvalue weighted by molar-refractivity contribution is 5.90. The minimum atomic E-state index is -1.00. The second kappa shape index (κ2) is 6.21.